The van der Waals surface area contributed by atoms with Crippen molar-refractivity contribution in [2.75, 3.05) is 19.6 Å². The maximum Gasteiger partial charge on any atom is 0.239 e. The maximum absolute atomic E-state index is 12.6. The molecule has 0 saturated carbocycles. The fourth-order valence-electron chi connectivity index (χ4n) is 2.81. The monoisotopic (exact) mass is 268 g/mol. The Morgan fingerprint density at radius 1 is 1.16 bits per heavy atom. The molecule has 0 aromatic heterocycles. The molecule has 0 aliphatic carbocycles. The van der Waals surface area contributed by atoms with Crippen molar-refractivity contribution in [2.24, 2.45) is 5.92 Å². The molecule has 2 atom stereocenters. The summed E-state index contributed by atoms with van der Waals surface area (Å²) in [6.45, 7) is 9.49. The molecule has 0 aromatic carbocycles. The van der Waals surface area contributed by atoms with Crippen LogP contribution < -0.4 is 5.32 Å². The molecule has 19 heavy (non-hydrogen) atoms. The molecule has 1 rings (SSSR count). The van der Waals surface area contributed by atoms with Gasteiger partial charge in [0, 0.05) is 13.1 Å². The SMILES string of the molecule is CCCCN(CCCC)C(=O)C1CC(CC)CCN1. The number of unbranched alkanes of at least 4 members (excludes halogenated alkanes) is 2. The number of piperidine rings is 1. The quantitative estimate of drug-likeness (QED) is 0.733. The van der Waals surface area contributed by atoms with Gasteiger partial charge in [-0.1, -0.05) is 40.0 Å². The van der Waals surface area contributed by atoms with Gasteiger partial charge in [-0.15, -0.1) is 0 Å². The number of nitrogens with one attached hydrogen (secondary N) is 1. The highest BCUT2D eigenvalue weighted by molar-refractivity contribution is 5.82. The molecule has 112 valence electrons. The Morgan fingerprint density at radius 3 is 2.32 bits per heavy atom. The third kappa shape index (κ3) is 5.52. The van der Waals surface area contributed by atoms with Gasteiger partial charge in [-0.2, -0.15) is 0 Å². The highest BCUT2D eigenvalue weighted by Gasteiger charge is 2.28. The second-order valence-corrected chi connectivity index (χ2v) is 5.84. The molecule has 3 heteroatoms. The molecule has 0 aromatic rings. The van der Waals surface area contributed by atoms with Crippen LogP contribution in [0.15, 0.2) is 0 Å². The van der Waals surface area contributed by atoms with E-state index in [0.717, 1.165) is 57.7 Å². The van der Waals surface area contributed by atoms with Gasteiger partial charge in [-0.3, -0.25) is 4.79 Å². The molecule has 0 spiro atoms. The summed E-state index contributed by atoms with van der Waals surface area (Å²) in [6.07, 6.45) is 8.03. The molecule has 1 aliphatic heterocycles. The number of rotatable bonds is 8. The summed E-state index contributed by atoms with van der Waals surface area (Å²) in [4.78, 5) is 14.7. The number of hydrogen-bond acceptors (Lipinski definition) is 2. The Labute approximate surface area is 119 Å². The van der Waals surface area contributed by atoms with Gasteiger partial charge in [0.1, 0.15) is 0 Å². The van der Waals surface area contributed by atoms with Crippen molar-refractivity contribution < 1.29 is 4.79 Å². The summed E-state index contributed by atoms with van der Waals surface area (Å²) in [5, 5.41) is 3.43. The first-order valence-corrected chi connectivity index (χ1v) is 8.25. The molecule has 1 heterocycles. The van der Waals surface area contributed by atoms with Crippen LogP contribution in [0.4, 0.5) is 0 Å². The Hall–Kier alpha value is -0.570. The standard InChI is InChI=1S/C16H32N2O/c1-4-7-11-18(12-8-5-2)16(19)15-13-14(6-3)9-10-17-15/h14-15,17H,4-13H2,1-3H3. The lowest BCUT2D eigenvalue weighted by molar-refractivity contribution is -0.134. The van der Waals surface area contributed by atoms with E-state index in [9.17, 15) is 4.79 Å². The fraction of sp³-hybridized carbons (Fsp3) is 0.938. The Morgan fingerprint density at radius 2 is 1.79 bits per heavy atom. The minimum Gasteiger partial charge on any atom is -0.341 e. The van der Waals surface area contributed by atoms with Gasteiger partial charge >= 0.3 is 0 Å². The van der Waals surface area contributed by atoms with E-state index in [-0.39, 0.29) is 6.04 Å². The fourth-order valence-corrected chi connectivity index (χ4v) is 2.81. The van der Waals surface area contributed by atoms with Crippen LogP contribution in [-0.2, 0) is 4.79 Å². The largest absolute Gasteiger partial charge is 0.341 e. The average Bonchev–Trinajstić information content (AvgIpc) is 2.47. The molecule has 2 unspecified atom stereocenters. The molecule has 1 N–H and O–H groups in total. The molecule has 1 fully saturated rings. The minimum absolute atomic E-state index is 0.0763. The van der Waals surface area contributed by atoms with Gasteiger partial charge in [0.2, 0.25) is 5.91 Å². The van der Waals surface area contributed by atoms with E-state index in [1.165, 1.54) is 12.8 Å². The Kier molecular flexibility index (Phi) is 8.11. The molecular formula is C16H32N2O. The zero-order valence-electron chi connectivity index (χ0n) is 13.1. The molecule has 0 radical (unpaired) electrons. The van der Waals surface area contributed by atoms with Crippen LogP contribution in [0.5, 0.6) is 0 Å². The lowest BCUT2D eigenvalue weighted by Gasteiger charge is -2.33. The molecule has 0 bridgehead atoms. The zero-order chi connectivity index (χ0) is 14.1. The van der Waals surface area contributed by atoms with Crippen molar-refractivity contribution >= 4 is 5.91 Å². The second-order valence-electron chi connectivity index (χ2n) is 5.84. The number of carbonyl (C=O) groups is 1. The molecule has 1 amide bonds. The van der Waals surface area contributed by atoms with Gasteiger partial charge in [0.15, 0.2) is 0 Å². The summed E-state index contributed by atoms with van der Waals surface area (Å²) in [5.74, 6) is 1.08. The minimum atomic E-state index is 0.0763. The van der Waals surface area contributed by atoms with Crippen LogP contribution in [0.25, 0.3) is 0 Å². The second kappa shape index (κ2) is 9.35. The van der Waals surface area contributed by atoms with Gasteiger partial charge in [-0.05, 0) is 38.1 Å². The average molecular weight is 268 g/mol. The highest BCUT2D eigenvalue weighted by Crippen LogP contribution is 2.20. The lowest BCUT2D eigenvalue weighted by atomic mass is 9.90. The van der Waals surface area contributed by atoms with E-state index in [1.807, 2.05) is 0 Å². The maximum atomic E-state index is 12.6. The molecule has 1 aliphatic rings. The van der Waals surface area contributed by atoms with Gasteiger partial charge in [0.25, 0.3) is 0 Å². The van der Waals surface area contributed by atoms with Crippen molar-refractivity contribution in [3.05, 3.63) is 0 Å². The van der Waals surface area contributed by atoms with Crippen molar-refractivity contribution in [2.45, 2.75) is 71.8 Å². The number of carbonyl (C=O) groups excluding carboxylic acids is 1. The summed E-state index contributed by atoms with van der Waals surface area (Å²) in [5.41, 5.74) is 0. The van der Waals surface area contributed by atoms with Crippen LogP contribution in [0, 0.1) is 5.92 Å². The highest BCUT2D eigenvalue weighted by atomic mass is 16.2. The van der Waals surface area contributed by atoms with Crippen LogP contribution >= 0.6 is 0 Å². The number of nitrogens with zero attached hydrogens (tertiary/aromatic N) is 1. The Balaban J connectivity index is 2.52. The van der Waals surface area contributed by atoms with E-state index in [1.54, 1.807) is 0 Å². The zero-order valence-corrected chi connectivity index (χ0v) is 13.1. The van der Waals surface area contributed by atoms with E-state index in [2.05, 4.69) is 31.0 Å². The topological polar surface area (TPSA) is 32.3 Å². The first-order chi connectivity index (χ1) is 9.22. The van der Waals surface area contributed by atoms with Gasteiger partial charge < -0.3 is 10.2 Å². The van der Waals surface area contributed by atoms with Gasteiger partial charge in [-0.25, -0.2) is 0 Å². The summed E-state index contributed by atoms with van der Waals surface area (Å²) in [7, 11) is 0. The summed E-state index contributed by atoms with van der Waals surface area (Å²) >= 11 is 0. The molecule has 1 saturated heterocycles. The first kappa shape index (κ1) is 16.5. The van der Waals surface area contributed by atoms with Gasteiger partial charge in [0.05, 0.1) is 6.04 Å². The predicted octanol–water partition coefficient (Wildman–Crippen LogP) is 3.19. The van der Waals surface area contributed by atoms with E-state index < -0.39 is 0 Å². The third-order valence-corrected chi connectivity index (χ3v) is 4.26. The van der Waals surface area contributed by atoms with Crippen molar-refractivity contribution in [3.63, 3.8) is 0 Å². The number of amides is 1. The number of hydrogen-bond donors (Lipinski definition) is 1. The van der Waals surface area contributed by atoms with E-state index in [0.29, 0.717) is 5.91 Å². The van der Waals surface area contributed by atoms with Crippen LogP contribution in [0.2, 0.25) is 0 Å². The first-order valence-electron chi connectivity index (χ1n) is 8.25. The van der Waals surface area contributed by atoms with Crippen molar-refractivity contribution in [1.82, 2.24) is 10.2 Å². The smallest absolute Gasteiger partial charge is 0.239 e. The summed E-state index contributed by atoms with van der Waals surface area (Å²) in [6, 6.07) is 0.0763. The lowest BCUT2D eigenvalue weighted by Crippen LogP contribution is -2.50. The third-order valence-electron chi connectivity index (χ3n) is 4.26. The van der Waals surface area contributed by atoms with Crippen molar-refractivity contribution in [1.29, 1.82) is 0 Å². The molecule has 3 nitrogen and oxygen atoms in total. The van der Waals surface area contributed by atoms with Crippen LogP contribution in [-0.4, -0.2) is 36.5 Å². The Bertz CT molecular complexity index is 247. The summed E-state index contributed by atoms with van der Waals surface area (Å²) < 4.78 is 0. The van der Waals surface area contributed by atoms with Crippen molar-refractivity contribution in [3.8, 4) is 0 Å². The van der Waals surface area contributed by atoms with E-state index >= 15 is 0 Å². The normalized spacial score (nSPS) is 23.3. The molecular weight excluding hydrogens is 236 g/mol. The van der Waals surface area contributed by atoms with E-state index in [4.69, 9.17) is 0 Å². The van der Waals surface area contributed by atoms with Crippen LogP contribution in [0.3, 0.4) is 0 Å². The van der Waals surface area contributed by atoms with Crippen LogP contribution in [0.1, 0.15) is 65.7 Å². The predicted molar refractivity (Wildman–Crippen MR) is 81.2 cm³/mol.